The molecule has 0 aliphatic rings. The number of benzene rings is 4. The molecule has 0 fully saturated rings. The third-order valence-electron chi connectivity index (χ3n) is 5.64. The van der Waals surface area contributed by atoms with Crippen molar-refractivity contribution in [3.05, 3.63) is 139 Å². The number of nitro groups is 1. The SMILES string of the molecule is O=C(N/N=C/c1cc(Cl)c(OCc2ccc([N+](=O)[O-])cc2)c(Cl)c1)C(O)(c1ccccc1)c1ccccc1. The summed E-state index contributed by atoms with van der Waals surface area (Å²) >= 11 is 12.7. The van der Waals surface area contributed by atoms with Gasteiger partial charge < -0.3 is 9.84 Å². The quantitative estimate of drug-likeness (QED) is 0.154. The van der Waals surface area contributed by atoms with Gasteiger partial charge in [-0.05, 0) is 46.5 Å². The van der Waals surface area contributed by atoms with Gasteiger partial charge in [-0.15, -0.1) is 0 Å². The molecule has 0 saturated carbocycles. The third-order valence-corrected chi connectivity index (χ3v) is 6.20. The number of nitrogens with one attached hydrogen (secondary N) is 1. The first-order chi connectivity index (χ1) is 18.3. The topological polar surface area (TPSA) is 114 Å². The summed E-state index contributed by atoms with van der Waals surface area (Å²) in [4.78, 5) is 23.5. The van der Waals surface area contributed by atoms with E-state index in [0.29, 0.717) is 22.3 Å². The molecule has 4 rings (SSSR count). The summed E-state index contributed by atoms with van der Waals surface area (Å²) in [6.45, 7) is 0.0957. The van der Waals surface area contributed by atoms with E-state index in [1.165, 1.54) is 18.3 Å². The zero-order chi connectivity index (χ0) is 27.1. The Balaban J connectivity index is 1.47. The van der Waals surface area contributed by atoms with E-state index in [4.69, 9.17) is 27.9 Å². The van der Waals surface area contributed by atoms with Crippen LogP contribution in [0.15, 0.2) is 102 Å². The summed E-state index contributed by atoms with van der Waals surface area (Å²) in [6.07, 6.45) is 1.34. The van der Waals surface area contributed by atoms with Crippen LogP contribution in [0.4, 0.5) is 5.69 Å². The molecular formula is C28H21Cl2N3O5. The first-order valence-corrected chi connectivity index (χ1v) is 12.1. The molecule has 0 spiro atoms. The molecule has 0 radical (unpaired) electrons. The van der Waals surface area contributed by atoms with Crippen LogP contribution >= 0.6 is 23.2 Å². The van der Waals surface area contributed by atoms with Crippen LogP contribution in [0.25, 0.3) is 0 Å². The highest BCUT2D eigenvalue weighted by molar-refractivity contribution is 6.37. The molecule has 192 valence electrons. The number of nitrogens with zero attached hydrogens (tertiary/aromatic N) is 2. The van der Waals surface area contributed by atoms with Crippen LogP contribution < -0.4 is 10.2 Å². The Hall–Kier alpha value is -4.24. The van der Waals surface area contributed by atoms with E-state index in [-0.39, 0.29) is 28.1 Å². The molecule has 38 heavy (non-hydrogen) atoms. The average molecular weight is 550 g/mol. The van der Waals surface area contributed by atoms with Crippen LogP contribution in [0, 0.1) is 10.1 Å². The number of hydrogen-bond acceptors (Lipinski definition) is 6. The van der Waals surface area contributed by atoms with Crippen LogP contribution in [0.5, 0.6) is 5.75 Å². The molecule has 0 saturated heterocycles. The van der Waals surface area contributed by atoms with Gasteiger partial charge in [0.1, 0.15) is 6.61 Å². The summed E-state index contributed by atoms with van der Waals surface area (Å²) in [7, 11) is 0. The van der Waals surface area contributed by atoms with Crippen molar-refractivity contribution in [1.29, 1.82) is 0 Å². The van der Waals surface area contributed by atoms with Crippen molar-refractivity contribution >= 4 is 41.0 Å². The second-order valence-corrected chi connectivity index (χ2v) is 8.98. The summed E-state index contributed by atoms with van der Waals surface area (Å²) in [6, 6.07) is 26.2. The normalized spacial score (nSPS) is 11.3. The molecule has 8 nitrogen and oxygen atoms in total. The highest BCUT2D eigenvalue weighted by Gasteiger charge is 2.39. The van der Waals surface area contributed by atoms with Gasteiger partial charge in [0.2, 0.25) is 0 Å². The Morgan fingerprint density at radius 1 is 0.947 bits per heavy atom. The summed E-state index contributed by atoms with van der Waals surface area (Å²) in [5.41, 5.74) is 2.36. The standard InChI is InChI=1S/C28H21Cl2N3O5/c29-24-15-20(16-25(30)26(24)38-18-19-11-13-23(14-12-19)33(36)37)17-31-32-27(34)28(35,21-7-3-1-4-8-21)22-9-5-2-6-10-22/h1-17,35H,18H2,(H,32,34)/b31-17+. The smallest absolute Gasteiger partial charge is 0.281 e. The van der Waals surface area contributed by atoms with Gasteiger partial charge in [0, 0.05) is 12.1 Å². The first-order valence-electron chi connectivity index (χ1n) is 11.3. The van der Waals surface area contributed by atoms with Crippen LogP contribution in [0.2, 0.25) is 10.0 Å². The fourth-order valence-electron chi connectivity index (χ4n) is 3.70. The number of carbonyl (C=O) groups is 1. The highest BCUT2D eigenvalue weighted by atomic mass is 35.5. The number of halogens is 2. The number of rotatable bonds is 9. The minimum Gasteiger partial charge on any atom is -0.486 e. The van der Waals surface area contributed by atoms with Crippen molar-refractivity contribution in [3.63, 3.8) is 0 Å². The second-order valence-electron chi connectivity index (χ2n) is 8.17. The van der Waals surface area contributed by atoms with Crippen molar-refractivity contribution in [1.82, 2.24) is 5.43 Å². The van der Waals surface area contributed by atoms with Gasteiger partial charge in [-0.2, -0.15) is 5.10 Å². The monoisotopic (exact) mass is 549 g/mol. The first kappa shape index (κ1) is 26.8. The van der Waals surface area contributed by atoms with E-state index < -0.39 is 16.4 Å². The van der Waals surface area contributed by atoms with Crippen LogP contribution in [0.1, 0.15) is 22.3 Å². The molecule has 0 aliphatic carbocycles. The van der Waals surface area contributed by atoms with E-state index in [9.17, 15) is 20.0 Å². The number of hydrazone groups is 1. The maximum Gasteiger partial charge on any atom is 0.281 e. The van der Waals surface area contributed by atoms with Crippen LogP contribution in [-0.2, 0) is 17.0 Å². The zero-order valence-electron chi connectivity index (χ0n) is 19.8. The number of nitro benzene ring substituents is 1. The predicted molar refractivity (Wildman–Crippen MR) is 146 cm³/mol. The molecular weight excluding hydrogens is 529 g/mol. The zero-order valence-corrected chi connectivity index (χ0v) is 21.3. The minimum atomic E-state index is -1.97. The second kappa shape index (κ2) is 11.9. The van der Waals surface area contributed by atoms with Crippen LogP contribution in [-0.4, -0.2) is 22.2 Å². The summed E-state index contributed by atoms with van der Waals surface area (Å²) < 4.78 is 5.71. The maximum absolute atomic E-state index is 13.1. The molecule has 0 aromatic heterocycles. The van der Waals surface area contributed by atoms with E-state index in [1.807, 2.05) is 0 Å². The van der Waals surface area contributed by atoms with E-state index >= 15 is 0 Å². The Morgan fingerprint density at radius 3 is 1.97 bits per heavy atom. The average Bonchev–Trinajstić information content (AvgIpc) is 2.93. The molecule has 2 N–H and O–H groups in total. The number of non-ortho nitro benzene ring substituents is 1. The van der Waals surface area contributed by atoms with Crippen LogP contribution in [0.3, 0.4) is 0 Å². The van der Waals surface area contributed by atoms with Crippen molar-refractivity contribution in [3.8, 4) is 5.75 Å². The molecule has 4 aromatic rings. The lowest BCUT2D eigenvalue weighted by molar-refractivity contribution is -0.384. The molecule has 0 bridgehead atoms. The Bertz CT molecular complexity index is 1400. The number of carbonyl (C=O) groups excluding carboxylic acids is 1. The van der Waals surface area contributed by atoms with Gasteiger partial charge in [-0.3, -0.25) is 14.9 Å². The minimum absolute atomic E-state index is 0.0217. The molecule has 0 aliphatic heterocycles. The van der Waals surface area contributed by atoms with E-state index in [0.717, 1.165) is 0 Å². The number of hydrogen-bond donors (Lipinski definition) is 2. The van der Waals surface area contributed by atoms with Gasteiger partial charge >= 0.3 is 0 Å². The van der Waals surface area contributed by atoms with Gasteiger partial charge in [-0.1, -0.05) is 83.9 Å². The number of ether oxygens (including phenoxy) is 1. The van der Waals surface area contributed by atoms with Crippen molar-refractivity contribution in [2.24, 2.45) is 5.10 Å². The van der Waals surface area contributed by atoms with Crippen molar-refractivity contribution in [2.75, 3.05) is 0 Å². The van der Waals surface area contributed by atoms with Gasteiger partial charge in [0.05, 0.1) is 21.2 Å². The molecule has 4 aromatic carbocycles. The van der Waals surface area contributed by atoms with Crippen molar-refractivity contribution < 1.29 is 19.6 Å². The Kier molecular flexibility index (Phi) is 8.38. The van der Waals surface area contributed by atoms with E-state index in [2.05, 4.69) is 10.5 Å². The molecule has 0 atom stereocenters. The Morgan fingerprint density at radius 2 is 1.47 bits per heavy atom. The van der Waals surface area contributed by atoms with Gasteiger partial charge in [-0.25, -0.2) is 5.43 Å². The largest absolute Gasteiger partial charge is 0.486 e. The lowest BCUT2D eigenvalue weighted by Crippen LogP contribution is -2.43. The van der Waals surface area contributed by atoms with E-state index in [1.54, 1.807) is 84.9 Å². The molecule has 10 heteroatoms. The fourth-order valence-corrected chi connectivity index (χ4v) is 4.31. The predicted octanol–water partition coefficient (Wildman–Crippen LogP) is 5.87. The lowest BCUT2D eigenvalue weighted by Gasteiger charge is -2.27. The molecule has 0 heterocycles. The maximum atomic E-state index is 13.1. The number of amides is 1. The molecule has 1 amide bonds. The van der Waals surface area contributed by atoms with Gasteiger partial charge in [0.15, 0.2) is 11.4 Å². The number of aliphatic hydroxyl groups is 1. The summed E-state index contributed by atoms with van der Waals surface area (Å²) in [5, 5.41) is 26.7. The lowest BCUT2D eigenvalue weighted by atomic mass is 9.85. The van der Waals surface area contributed by atoms with Crippen molar-refractivity contribution in [2.45, 2.75) is 12.2 Å². The van der Waals surface area contributed by atoms with Gasteiger partial charge in [0.25, 0.3) is 11.6 Å². The third kappa shape index (κ3) is 6.00. The fraction of sp³-hybridized carbons (Fsp3) is 0.0714. The summed E-state index contributed by atoms with van der Waals surface area (Å²) in [5.74, 6) is -0.512. The Labute approximate surface area is 228 Å². The molecule has 0 unspecified atom stereocenters. The highest BCUT2D eigenvalue weighted by Crippen LogP contribution is 2.35.